The number of nitriles is 1. The number of nitro groups is 2. The molecule has 9 nitrogen and oxygen atoms in total. The molecule has 0 saturated carbocycles. The molecule has 1 amide bonds. The number of rotatable bonds is 5. The molecule has 0 unspecified atom stereocenters. The summed E-state index contributed by atoms with van der Waals surface area (Å²) in [5.41, 5.74) is -0.787. The molecule has 0 aliphatic carbocycles. The van der Waals surface area contributed by atoms with Gasteiger partial charge in [-0.3, -0.25) is 25.0 Å². The highest BCUT2D eigenvalue weighted by atomic mass is 35.5. The molecule has 0 aromatic heterocycles. The van der Waals surface area contributed by atoms with Gasteiger partial charge in [0.1, 0.15) is 11.6 Å². The third kappa shape index (κ3) is 4.78. The topological polar surface area (TPSA) is 139 Å². The Morgan fingerprint density at radius 3 is 2.19 bits per heavy atom. The molecule has 1 N–H and O–H groups in total. The largest absolute Gasteiger partial charge is 0.319 e. The van der Waals surface area contributed by atoms with E-state index in [1.807, 2.05) is 0 Å². The van der Waals surface area contributed by atoms with Crippen LogP contribution in [0, 0.1) is 31.6 Å². The van der Waals surface area contributed by atoms with E-state index in [2.05, 4.69) is 5.32 Å². The summed E-state index contributed by atoms with van der Waals surface area (Å²) in [4.78, 5) is 32.6. The number of nitrogens with one attached hydrogen (secondary N) is 1. The summed E-state index contributed by atoms with van der Waals surface area (Å²) >= 11 is 11.8. The fourth-order valence-electron chi connectivity index (χ4n) is 2.01. The van der Waals surface area contributed by atoms with Crippen molar-refractivity contribution < 1.29 is 14.6 Å². The van der Waals surface area contributed by atoms with Gasteiger partial charge in [-0.05, 0) is 11.6 Å². The van der Waals surface area contributed by atoms with Crippen LogP contribution < -0.4 is 5.32 Å². The summed E-state index contributed by atoms with van der Waals surface area (Å²) in [6.07, 6.45) is 1.15. The smallest absolute Gasteiger partial charge is 0.272 e. The standard InChI is InChI=1S/C16H8Cl2N4O5/c17-13-6-12(22(26)27)7-14(18)15(13)20-16(23)10(8-19)4-9-2-1-3-11(5-9)21(24)25/h1-7H,(H,20,23)/b10-4+. The Morgan fingerprint density at radius 1 is 1.07 bits per heavy atom. The van der Waals surface area contributed by atoms with Gasteiger partial charge in [0.2, 0.25) is 0 Å². The summed E-state index contributed by atoms with van der Waals surface area (Å²) < 4.78 is 0. The van der Waals surface area contributed by atoms with Crippen molar-refractivity contribution in [2.75, 3.05) is 5.32 Å². The van der Waals surface area contributed by atoms with Crippen LogP contribution in [-0.4, -0.2) is 15.8 Å². The zero-order valence-electron chi connectivity index (χ0n) is 13.2. The fraction of sp³-hybridized carbons (Fsp3) is 0. The van der Waals surface area contributed by atoms with Crippen LogP contribution in [0.5, 0.6) is 0 Å². The average Bonchev–Trinajstić information content (AvgIpc) is 2.62. The van der Waals surface area contributed by atoms with E-state index in [1.165, 1.54) is 24.3 Å². The normalized spacial score (nSPS) is 10.8. The number of hydrogen-bond donors (Lipinski definition) is 1. The summed E-state index contributed by atoms with van der Waals surface area (Å²) in [5, 5.41) is 32.7. The van der Waals surface area contributed by atoms with E-state index in [1.54, 1.807) is 6.07 Å². The molecule has 11 heteroatoms. The molecule has 2 aromatic carbocycles. The highest BCUT2D eigenvalue weighted by Crippen LogP contribution is 2.35. The van der Waals surface area contributed by atoms with E-state index < -0.39 is 15.8 Å². The minimum atomic E-state index is -0.887. The number of halogens is 2. The second kappa shape index (κ2) is 8.27. The molecule has 0 atom stereocenters. The van der Waals surface area contributed by atoms with E-state index in [-0.39, 0.29) is 38.2 Å². The highest BCUT2D eigenvalue weighted by molar-refractivity contribution is 6.40. The van der Waals surface area contributed by atoms with Crippen molar-refractivity contribution in [2.24, 2.45) is 0 Å². The number of amides is 1. The SMILES string of the molecule is N#C/C(=C\c1cccc([N+](=O)[O-])c1)C(=O)Nc1c(Cl)cc([N+](=O)[O-])cc1Cl. The van der Waals surface area contributed by atoms with Gasteiger partial charge >= 0.3 is 0 Å². The number of nitro benzene ring substituents is 2. The van der Waals surface area contributed by atoms with Crippen molar-refractivity contribution >= 4 is 52.2 Å². The van der Waals surface area contributed by atoms with Crippen LogP contribution in [0.1, 0.15) is 5.56 Å². The van der Waals surface area contributed by atoms with Crippen molar-refractivity contribution in [1.29, 1.82) is 5.26 Å². The number of anilines is 1. The summed E-state index contributed by atoms with van der Waals surface area (Å²) in [5.74, 6) is -0.887. The Morgan fingerprint density at radius 2 is 1.67 bits per heavy atom. The first kappa shape index (κ1) is 19.8. The van der Waals surface area contributed by atoms with Gasteiger partial charge < -0.3 is 5.32 Å². The molecule has 136 valence electrons. The second-order valence-electron chi connectivity index (χ2n) is 5.02. The second-order valence-corrected chi connectivity index (χ2v) is 5.83. The third-order valence-corrected chi connectivity index (χ3v) is 3.83. The minimum Gasteiger partial charge on any atom is -0.319 e. The quantitative estimate of drug-likeness (QED) is 0.338. The molecule has 0 heterocycles. The lowest BCUT2D eigenvalue weighted by molar-refractivity contribution is -0.385. The Balaban J connectivity index is 2.34. The maximum Gasteiger partial charge on any atom is 0.272 e. The zero-order valence-corrected chi connectivity index (χ0v) is 14.7. The Labute approximate surface area is 161 Å². The summed E-state index contributed by atoms with van der Waals surface area (Å²) in [6, 6.07) is 9.01. The van der Waals surface area contributed by atoms with Crippen LogP contribution in [-0.2, 0) is 4.79 Å². The van der Waals surface area contributed by atoms with Crippen molar-refractivity contribution in [3.8, 4) is 6.07 Å². The highest BCUT2D eigenvalue weighted by Gasteiger charge is 2.18. The number of non-ortho nitro benzene ring substituents is 2. The molecule has 2 aromatic rings. The zero-order chi connectivity index (χ0) is 20.1. The van der Waals surface area contributed by atoms with Crippen LogP contribution in [0.3, 0.4) is 0 Å². The Bertz CT molecular complexity index is 1010. The van der Waals surface area contributed by atoms with Crippen molar-refractivity contribution in [3.05, 3.63) is 77.8 Å². The maximum atomic E-state index is 12.3. The molecule has 0 radical (unpaired) electrons. The minimum absolute atomic E-state index is 0.103. The van der Waals surface area contributed by atoms with E-state index in [9.17, 15) is 30.3 Å². The monoisotopic (exact) mass is 406 g/mol. The lowest BCUT2D eigenvalue weighted by atomic mass is 10.1. The number of hydrogen-bond acceptors (Lipinski definition) is 6. The first-order chi connectivity index (χ1) is 12.7. The van der Waals surface area contributed by atoms with Gasteiger partial charge in [-0.2, -0.15) is 5.26 Å². The number of carbonyl (C=O) groups is 1. The van der Waals surface area contributed by atoms with Crippen LogP contribution in [0.2, 0.25) is 10.0 Å². The lowest BCUT2D eigenvalue weighted by Gasteiger charge is -2.08. The van der Waals surface area contributed by atoms with Gasteiger partial charge in [0.25, 0.3) is 17.3 Å². The molecule has 0 bridgehead atoms. The number of carbonyl (C=O) groups excluding carboxylic acids is 1. The first-order valence-electron chi connectivity index (χ1n) is 7.04. The van der Waals surface area contributed by atoms with Gasteiger partial charge in [-0.25, -0.2) is 0 Å². The molecule has 0 saturated heterocycles. The van der Waals surface area contributed by atoms with Gasteiger partial charge in [-0.1, -0.05) is 35.3 Å². The summed E-state index contributed by atoms with van der Waals surface area (Å²) in [6.45, 7) is 0. The Hall–Kier alpha value is -3.48. The van der Waals surface area contributed by atoms with E-state index in [0.29, 0.717) is 0 Å². The average molecular weight is 407 g/mol. The van der Waals surface area contributed by atoms with Crippen LogP contribution in [0.25, 0.3) is 6.08 Å². The van der Waals surface area contributed by atoms with Gasteiger partial charge in [-0.15, -0.1) is 0 Å². The maximum absolute atomic E-state index is 12.3. The number of benzene rings is 2. The predicted molar refractivity (Wildman–Crippen MR) is 98.4 cm³/mol. The van der Waals surface area contributed by atoms with Crippen LogP contribution in [0.15, 0.2) is 42.0 Å². The van der Waals surface area contributed by atoms with Crippen LogP contribution in [0.4, 0.5) is 17.1 Å². The van der Waals surface area contributed by atoms with E-state index >= 15 is 0 Å². The summed E-state index contributed by atoms with van der Waals surface area (Å²) in [7, 11) is 0. The van der Waals surface area contributed by atoms with Crippen molar-refractivity contribution in [3.63, 3.8) is 0 Å². The molecule has 0 aliphatic rings. The van der Waals surface area contributed by atoms with Crippen molar-refractivity contribution in [2.45, 2.75) is 0 Å². The molecule has 27 heavy (non-hydrogen) atoms. The molecule has 0 aliphatic heterocycles. The van der Waals surface area contributed by atoms with E-state index in [4.69, 9.17) is 23.2 Å². The predicted octanol–water partition coefficient (Wildman–Crippen LogP) is 4.36. The lowest BCUT2D eigenvalue weighted by Crippen LogP contribution is -2.14. The van der Waals surface area contributed by atoms with Gasteiger partial charge in [0, 0.05) is 24.3 Å². The fourth-order valence-corrected chi connectivity index (χ4v) is 2.58. The molecule has 0 spiro atoms. The van der Waals surface area contributed by atoms with Gasteiger partial charge in [0.05, 0.1) is 25.6 Å². The molecule has 0 fully saturated rings. The first-order valence-corrected chi connectivity index (χ1v) is 7.79. The van der Waals surface area contributed by atoms with Gasteiger partial charge in [0.15, 0.2) is 0 Å². The number of nitrogens with zero attached hydrogens (tertiary/aromatic N) is 3. The van der Waals surface area contributed by atoms with Crippen LogP contribution >= 0.6 is 23.2 Å². The molecular weight excluding hydrogens is 399 g/mol. The molecule has 2 rings (SSSR count). The Kier molecular flexibility index (Phi) is 6.07. The van der Waals surface area contributed by atoms with Crippen molar-refractivity contribution in [1.82, 2.24) is 0 Å². The van der Waals surface area contributed by atoms with E-state index in [0.717, 1.165) is 18.2 Å². The molecular formula is C16H8Cl2N4O5. The third-order valence-electron chi connectivity index (χ3n) is 3.23.